The molecule has 0 atom stereocenters. The Labute approximate surface area is 175 Å². The molecule has 0 unspecified atom stereocenters. The zero-order chi connectivity index (χ0) is 20.5. The van der Waals surface area contributed by atoms with Gasteiger partial charge in [-0.1, -0.05) is 12.1 Å². The normalized spacial score (nSPS) is 17.2. The number of methoxy groups -OCH3 is 1. The molecule has 154 valence electrons. The quantitative estimate of drug-likeness (QED) is 0.629. The molecule has 3 heterocycles. The Bertz CT molecular complexity index is 1070. The van der Waals surface area contributed by atoms with Crippen molar-refractivity contribution in [1.82, 2.24) is 15.0 Å². The first kappa shape index (κ1) is 18.8. The van der Waals surface area contributed by atoms with Crippen LogP contribution in [0.15, 0.2) is 42.7 Å². The van der Waals surface area contributed by atoms with Crippen LogP contribution in [0.2, 0.25) is 0 Å². The van der Waals surface area contributed by atoms with Crippen molar-refractivity contribution in [2.45, 2.75) is 31.7 Å². The van der Waals surface area contributed by atoms with Crippen LogP contribution in [-0.4, -0.2) is 47.0 Å². The number of ether oxygens (including phenoxy) is 1. The summed E-state index contributed by atoms with van der Waals surface area (Å²) < 4.78 is 5.26. The molecule has 0 spiro atoms. The van der Waals surface area contributed by atoms with Crippen molar-refractivity contribution in [2.75, 3.05) is 30.4 Å². The van der Waals surface area contributed by atoms with E-state index < -0.39 is 0 Å². The van der Waals surface area contributed by atoms with Crippen LogP contribution in [0.1, 0.15) is 36.0 Å². The minimum Gasteiger partial charge on any atom is -0.497 e. The van der Waals surface area contributed by atoms with E-state index in [1.807, 2.05) is 30.3 Å². The largest absolute Gasteiger partial charge is 0.497 e. The molecular weight excluding hydrogens is 378 g/mol. The van der Waals surface area contributed by atoms with Gasteiger partial charge in [-0.15, -0.1) is 0 Å². The summed E-state index contributed by atoms with van der Waals surface area (Å²) in [6.07, 6.45) is 7.44. The smallest absolute Gasteiger partial charge is 0.172 e. The number of aromatic nitrogens is 3. The molecule has 2 fully saturated rings. The highest BCUT2D eigenvalue weighted by Crippen LogP contribution is 2.33. The second kappa shape index (κ2) is 7.89. The summed E-state index contributed by atoms with van der Waals surface area (Å²) in [5.74, 6) is 2.64. The van der Waals surface area contributed by atoms with Gasteiger partial charge in [0.15, 0.2) is 17.4 Å². The molecule has 0 amide bonds. The predicted molar refractivity (Wildman–Crippen MR) is 116 cm³/mol. The average molecular weight is 403 g/mol. The number of hydrogen-bond donors (Lipinski definition) is 1. The number of benzene rings is 1. The van der Waals surface area contributed by atoms with Gasteiger partial charge in [-0.2, -0.15) is 0 Å². The maximum absolute atomic E-state index is 13.0. The average Bonchev–Trinajstić information content (AvgIpc) is 3.62. The number of anilines is 2. The zero-order valence-corrected chi connectivity index (χ0v) is 17.0. The number of hydrogen-bond acceptors (Lipinski definition) is 7. The van der Waals surface area contributed by atoms with Gasteiger partial charge in [-0.05, 0) is 43.9 Å². The number of fused-ring (bicyclic) bond motifs is 1. The van der Waals surface area contributed by atoms with E-state index in [2.05, 4.69) is 15.2 Å². The number of Topliss-reactive ketones (excluding diaryl/α,β-unsaturated/α-hetero) is 1. The molecule has 1 N–H and O–H groups in total. The summed E-state index contributed by atoms with van der Waals surface area (Å²) >= 11 is 0. The summed E-state index contributed by atoms with van der Waals surface area (Å²) in [5, 5.41) is 3.53. The van der Waals surface area contributed by atoms with Crippen LogP contribution < -0.4 is 15.0 Å². The summed E-state index contributed by atoms with van der Waals surface area (Å²) in [6, 6.07) is 9.81. The Hall–Kier alpha value is -3.22. The van der Waals surface area contributed by atoms with E-state index >= 15 is 0 Å². The Morgan fingerprint density at radius 3 is 2.70 bits per heavy atom. The van der Waals surface area contributed by atoms with Crippen molar-refractivity contribution < 1.29 is 9.53 Å². The number of pyridine rings is 1. The summed E-state index contributed by atoms with van der Waals surface area (Å²) in [7, 11) is 1.62. The predicted octanol–water partition coefficient (Wildman–Crippen LogP) is 3.71. The first-order chi connectivity index (χ1) is 14.7. The van der Waals surface area contributed by atoms with Gasteiger partial charge in [-0.3, -0.25) is 9.78 Å². The molecule has 1 aromatic carbocycles. The SMILES string of the molecule is COc1cccc(C(=O)C2CCN(c3nc4cnccc4nc3NC3CC3)CC2)c1. The highest BCUT2D eigenvalue weighted by Gasteiger charge is 2.30. The van der Waals surface area contributed by atoms with Gasteiger partial charge < -0.3 is 15.0 Å². The highest BCUT2D eigenvalue weighted by atomic mass is 16.5. The Kier molecular flexibility index (Phi) is 4.94. The highest BCUT2D eigenvalue weighted by molar-refractivity contribution is 5.98. The number of ketones is 1. The second-order valence-electron chi connectivity index (χ2n) is 8.04. The van der Waals surface area contributed by atoms with Crippen molar-refractivity contribution in [2.24, 2.45) is 5.92 Å². The van der Waals surface area contributed by atoms with Crippen LogP contribution in [0, 0.1) is 5.92 Å². The van der Waals surface area contributed by atoms with E-state index in [0.29, 0.717) is 11.8 Å². The minimum absolute atomic E-state index is 0.0169. The van der Waals surface area contributed by atoms with E-state index in [0.717, 1.165) is 54.2 Å². The topological polar surface area (TPSA) is 80.2 Å². The number of nitrogens with zero attached hydrogens (tertiary/aromatic N) is 4. The second-order valence-corrected chi connectivity index (χ2v) is 8.04. The number of rotatable bonds is 6. The molecule has 5 rings (SSSR count). The monoisotopic (exact) mass is 403 g/mol. The standard InChI is InChI=1S/C23H25N5O2/c1-30-18-4-2-3-16(13-18)21(29)15-8-11-28(12-9-15)23-22(25-17-5-6-17)26-19-7-10-24-14-20(19)27-23/h2-4,7,10,13-15,17H,5-6,8-9,11-12H2,1H3,(H,25,26). The van der Waals surface area contributed by atoms with Crippen LogP contribution in [0.3, 0.4) is 0 Å². The summed E-state index contributed by atoms with van der Waals surface area (Å²) in [5.41, 5.74) is 2.36. The van der Waals surface area contributed by atoms with Crippen LogP contribution >= 0.6 is 0 Å². The van der Waals surface area contributed by atoms with E-state index in [1.54, 1.807) is 19.5 Å². The molecule has 0 bridgehead atoms. The molecule has 0 radical (unpaired) electrons. The minimum atomic E-state index is 0.0169. The van der Waals surface area contributed by atoms with Gasteiger partial charge in [0.1, 0.15) is 11.3 Å². The van der Waals surface area contributed by atoms with Crippen LogP contribution in [-0.2, 0) is 0 Å². The maximum Gasteiger partial charge on any atom is 0.172 e. The first-order valence-corrected chi connectivity index (χ1v) is 10.5. The summed E-state index contributed by atoms with van der Waals surface area (Å²) in [4.78, 5) is 29.1. The molecular formula is C23H25N5O2. The molecule has 3 aromatic rings. The Morgan fingerprint density at radius 2 is 1.93 bits per heavy atom. The summed E-state index contributed by atoms with van der Waals surface area (Å²) in [6.45, 7) is 1.56. The van der Waals surface area contributed by atoms with Crippen LogP contribution in [0.5, 0.6) is 5.75 Å². The lowest BCUT2D eigenvalue weighted by Crippen LogP contribution is -2.37. The molecule has 2 aromatic heterocycles. The van der Waals surface area contributed by atoms with E-state index in [4.69, 9.17) is 14.7 Å². The Balaban J connectivity index is 1.34. The lowest BCUT2D eigenvalue weighted by atomic mass is 9.89. The first-order valence-electron chi connectivity index (χ1n) is 10.5. The molecule has 2 aliphatic rings. The third kappa shape index (κ3) is 3.79. The van der Waals surface area contributed by atoms with Crippen LogP contribution in [0.25, 0.3) is 11.0 Å². The molecule has 30 heavy (non-hydrogen) atoms. The fraction of sp³-hybridized carbons (Fsp3) is 0.391. The van der Waals surface area contributed by atoms with Crippen molar-refractivity contribution in [3.63, 3.8) is 0 Å². The molecule has 1 saturated carbocycles. The molecule has 1 aliphatic carbocycles. The fourth-order valence-electron chi connectivity index (χ4n) is 4.00. The van der Waals surface area contributed by atoms with Gasteiger partial charge in [0.25, 0.3) is 0 Å². The third-order valence-electron chi connectivity index (χ3n) is 5.89. The number of piperidine rings is 1. The maximum atomic E-state index is 13.0. The van der Waals surface area contributed by atoms with E-state index in [-0.39, 0.29) is 11.7 Å². The van der Waals surface area contributed by atoms with Crippen LogP contribution in [0.4, 0.5) is 11.6 Å². The van der Waals surface area contributed by atoms with Crippen molar-refractivity contribution in [3.8, 4) is 5.75 Å². The van der Waals surface area contributed by atoms with Gasteiger partial charge >= 0.3 is 0 Å². The number of carbonyl (C=O) groups excluding carboxylic acids is 1. The van der Waals surface area contributed by atoms with Crippen molar-refractivity contribution in [3.05, 3.63) is 48.3 Å². The van der Waals surface area contributed by atoms with Crippen molar-refractivity contribution in [1.29, 1.82) is 0 Å². The van der Waals surface area contributed by atoms with E-state index in [1.165, 1.54) is 12.8 Å². The molecule has 1 aliphatic heterocycles. The van der Waals surface area contributed by atoms with Gasteiger partial charge in [-0.25, -0.2) is 9.97 Å². The van der Waals surface area contributed by atoms with Gasteiger partial charge in [0, 0.05) is 36.8 Å². The van der Waals surface area contributed by atoms with E-state index in [9.17, 15) is 4.79 Å². The lowest BCUT2D eigenvalue weighted by molar-refractivity contribution is 0.0900. The molecule has 1 saturated heterocycles. The zero-order valence-electron chi connectivity index (χ0n) is 17.0. The molecule has 7 nitrogen and oxygen atoms in total. The Morgan fingerprint density at radius 1 is 1.10 bits per heavy atom. The van der Waals surface area contributed by atoms with Gasteiger partial charge in [0.05, 0.1) is 18.8 Å². The lowest BCUT2D eigenvalue weighted by Gasteiger charge is -2.33. The van der Waals surface area contributed by atoms with Gasteiger partial charge in [0.2, 0.25) is 0 Å². The third-order valence-corrected chi connectivity index (χ3v) is 5.89. The molecule has 7 heteroatoms. The fourth-order valence-corrected chi connectivity index (χ4v) is 4.00. The number of carbonyl (C=O) groups is 1. The number of nitrogens with one attached hydrogen (secondary N) is 1. The van der Waals surface area contributed by atoms with Crippen molar-refractivity contribution >= 4 is 28.5 Å².